The van der Waals surface area contributed by atoms with Gasteiger partial charge in [0.15, 0.2) is 29.7 Å². The van der Waals surface area contributed by atoms with Crippen molar-refractivity contribution >= 4 is 45.6 Å². The first-order valence-corrected chi connectivity index (χ1v) is 13.6. The van der Waals surface area contributed by atoms with Crippen LogP contribution in [0.15, 0.2) is 46.2 Å². The molecule has 3 aromatic rings. The Morgan fingerprint density at radius 2 is 1.66 bits per heavy atom. The maximum absolute atomic E-state index is 13.9. The van der Waals surface area contributed by atoms with Gasteiger partial charge in [-0.15, -0.1) is 5.10 Å². The molecule has 1 saturated heterocycles. The van der Waals surface area contributed by atoms with Crippen LogP contribution in [0.5, 0.6) is 0 Å². The molecule has 0 aliphatic carbocycles. The highest BCUT2D eigenvalue weighted by atomic mass is 79.9. The fraction of sp³-hybridized carbons (Fsp3) is 0.360. The molecule has 41 heavy (non-hydrogen) atoms. The molecule has 16 heteroatoms. The Balaban J connectivity index is 1.82. The Hall–Kier alpha value is -3.50. The lowest BCUT2D eigenvalue weighted by molar-refractivity contribution is -0.212. The number of pyridine rings is 1. The fourth-order valence-corrected chi connectivity index (χ4v) is 5.78. The van der Waals surface area contributed by atoms with E-state index in [-0.39, 0.29) is 17.9 Å². The van der Waals surface area contributed by atoms with E-state index < -0.39 is 65.1 Å². The third kappa shape index (κ3) is 7.42. The molecule has 11 nitrogen and oxygen atoms in total. The number of aromatic nitrogens is 4. The second-order valence-corrected chi connectivity index (χ2v) is 10.9. The van der Waals surface area contributed by atoms with Crippen molar-refractivity contribution in [3.8, 4) is 11.3 Å². The van der Waals surface area contributed by atoms with Gasteiger partial charge in [0.05, 0.1) is 6.20 Å². The summed E-state index contributed by atoms with van der Waals surface area (Å²) in [6.07, 6.45) is 0.862. The number of ether oxygens (including phenoxy) is 4. The van der Waals surface area contributed by atoms with E-state index in [1.165, 1.54) is 24.7 Å². The molecule has 1 aliphatic heterocycles. The quantitative estimate of drug-likeness (QED) is 0.198. The van der Waals surface area contributed by atoms with Gasteiger partial charge in [-0.1, -0.05) is 17.0 Å². The zero-order chi connectivity index (χ0) is 29.8. The molecule has 218 valence electrons. The van der Waals surface area contributed by atoms with E-state index in [9.17, 15) is 27.6 Å². The number of esters is 3. The van der Waals surface area contributed by atoms with E-state index in [4.69, 9.17) is 18.9 Å². The third-order valence-corrected chi connectivity index (χ3v) is 7.24. The molecule has 4 rings (SSSR count). The largest absolute Gasteiger partial charge is 0.463 e. The Morgan fingerprint density at radius 1 is 1.00 bits per heavy atom. The molecule has 0 saturated carbocycles. The maximum atomic E-state index is 13.9. The highest BCUT2D eigenvalue weighted by Gasteiger charge is 2.52. The topological polar surface area (TPSA) is 132 Å². The van der Waals surface area contributed by atoms with E-state index in [1.807, 2.05) is 0 Å². The highest BCUT2D eigenvalue weighted by molar-refractivity contribution is 9.10. The van der Waals surface area contributed by atoms with E-state index in [1.54, 1.807) is 18.5 Å². The minimum atomic E-state index is -1.65. The van der Waals surface area contributed by atoms with Crippen molar-refractivity contribution in [1.82, 2.24) is 20.0 Å². The van der Waals surface area contributed by atoms with Crippen molar-refractivity contribution in [2.24, 2.45) is 0 Å². The molecule has 0 radical (unpaired) electrons. The number of carbonyl (C=O) groups is 3. The summed E-state index contributed by atoms with van der Waals surface area (Å²) in [6, 6.07) is 2.09. The maximum Gasteiger partial charge on any atom is 0.303 e. The Kier molecular flexibility index (Phi) is 9.65. The van der Waals surface area contributed by atoms with E-state index >= 15 is 0 Å². The van der Waals surface area contributed by atoms with Crippen LogP contribution in [0.2, 0.25) is 0 Å². The van der Waals surface area contributed by atoms with Crippen molar-refractivity contribution in [2.45, 2.75) is 55.5 Å². The average molecular weight is 659 g/mol. The highest BCUT2D eigenvalue weighted by Crippen LogP contribution is 2.41. The summed E-state index contributed by atoms with van der Waals surface area (Å²) in [4.78, 5) is 40.8. The number of nitrogens with zero attached hydrogens (tertiary/aromatic N) is 4. The normalized spacial score (nSPS) is 22.2. The van der Waals surface area contributed by atoms with Crippen LogP contribution < -0.4 is 0 Å². The summed E-state index contributed by atoms with van der Waals surface area (Å²) in [6.45, 7) is 3.15. The zero-order valence-corrected chi connectivity index (χ0v) is 24.0. The van der Waals surface area contributed by atoms with Crippen molar-refractivity contribution in [2.75, 3.05) is 6.61 Å². The van der Waals surface area contributed by atoms with Gasteiger partial charge in [-0.05, 0) is 34.1 Å². The molecule has 1 aromatic carbocycles. The second kappa shape index (κ2) is 13.0. The minimum Gasteiger partial charge on any atom is -0.463 e. The van der Waals surface area contributed by atoms with Crippen LogP contribution >= 0.6 is 27.7 Å². The second-order valence-electron chi connectivity index (χ2n) is 8.78. The monoisotopic (exact) mass is 658 g/mol. The summed E-state index contributed by atoms with van der Waals surface area (Å²) in [5.41, 5.74) is -1.18. The first kappa shape index (κ1) is 30.5. The molecule has 1 aliphatic rings. The number of thioether (sulfide) groups is 1. The standard InChI is InChI=1S/C25H22BrF3N4O7S/c1-11(34)37-10-20-23(38-12(2)35)22(33-9-19(31-32-33)14-4-17(27)21(29)18(28)5-14)24(39-13(3)36)25(40-20)41-16-6-15(26)7-30-8-16/h4-9,20,22-25H,10H2,1-3H3/t20?,22?,23-,24-,25?/m0/s1. The van der Waals surface area contributed by atoms with Gasteiger partial charge in [0, 0.05) is 48.1 Å². The molecular weight excluding hydrogens is 637 g/mol. The first-order valence-electron chi connectivity index (χ1n) is 11.9. The summed E-state index contributed by atoms with van der Waals surface area (Å²) >= 11 is 4.46. The van der Waals surface area contributed by atoms with Gasteiger partial charge in [-0.3, -0.25) is 19.4 Å². The first-order chi connectivity index (χ1) is 19.4. The molecule has 0 bridgehead atoms. The number of benzene rings is 1. The van der Waals surface area contributed by atoms with E-state index in [2.05, 4.69) is 31.2 Å². The lowest BCUT2D eigenvalue weighted by atomic mass is 9.96. The van der Waals surface area contributed by atoms with Crippen molar-refractivity contribution < 1.29 is 46.5 Å². The number of halogens is 4. The molecule has 0 spiro atoms. The van der Waals surface area contributed by atoms with Crippen LogP contribution in [-0.2, 0) is 33.3 Å². The smallest absolute Gasteiger partial charge is 0.303 e. The zero-order valence-electron chi connectivity index (χ0n) is 21.6. The summed E-state index contributed by atoms with van der Waals surface area (Å²) in [5, 5.41) is 8.00. The Labute approximate surface area is 243 Å². The molecule has 2 aromatic heterocycles. The molecule has 0 amide bonds. The van der Waals surface area contributed by atoms with E-state index in [0.717, 1.165) is 30.8 Å². The molecule has 5 atom stereocenters. The summed E-state index contributed by atoms with van der Waals surface area (Å²) in [5.74, 6) is -6.58. The van der Waals surface area contributed by atoms with Gasteiger partial charge in [0.2, 0.25) is 0 Å². The van der Waals surface area contributed by atoms with Gasteiger partial charge in [0.1, 0.15) is 29.9 Å². The van der Waals surface area contributed by atoms with Crippen LogP contribution in [0, 0.1) is 17.5 Å². The van der Waals surface area contributed by atoms with Crippen LogP contribution in [0.4, 0.5) is 13.2 Å². The number of hydrogen-bond donors (Lipinski definition) is 0. The third-order valence-electron chi connectivity index (χ3n) is 5.70. The molecule has 0 N–H and O–H groups in total. The van der Waals surface area contributed by atoms with Gasteiger partial charge >= 0.3 is 17.9 Å². The molecule has 3 unspecified atom stereocenters. The van der Waals surface area contributed by atoms with Crippen LogP contribution in [-0.4, -0.2) is 68.2 Å². The molecule has 3 heterocycles. The van der Waals surface area contributed by atoms with Gasteiger partial charge in [-0.25, -0.2) is 17.9 Å². The fourth-order valence-electron chi connectivity index (χ4n) is 4.13. The predicted octanol–water partition coefficient (Wildman–Crippen LogP) is 4.00. The lowest BCUT2D eigenvalue weighted by Gasteiger charge is -2.44. The van der Waals surface area contributed by atoms with Crippen molar-refractivity contribution in [3.63, 3.8) is 0 Å². The van der Waals surface area contributed by atoms with Crippen LogP contribution in [0.1, 0.15) is 26.8 Å². The predicted molar refractivity (Wildman–Crippen MR) is 139 cm³/mol. The SMILES string of the molecule is CC(=O)OCC1OC(Sc2cncc(Br)c2)[C@@H](OC(C)=O)C(n2cc(-c3cc(F)c(F)c(F)c3)nn2)[C@H]1OC(C)=O. The van der Waals surface area contributed by atoms with E-state index in [0.29, 0.717) is 9.37 Å². The molecular formula is C25H22BrF3N4O7S. The van der Waals surface area contributed by atoms with Gasteiger partial charge < -0.3 is 18.9 Å². The number of carbonyl (C=O) groups excluding carboxylic acids is 3. The minimum absolute atomic E-state index is 0.0608. The Bertz CT molecular complexity index is 1440. The van der Waals surface area contributed by atoms with Gasteiger partial charge in [0.25, 0.3) is 0 Å². The van der Waals surface area contributed by atoms with Crippen molar-refractivity contribution in [3.05, 3.63) is 58.7 Å². The van der Waals surface area contributed by atoms with Crippen LogP contribution in [0.25, 0.3) is 11.3 Å². The Morgan fingerprint density at radius 3 is 2.27 bits per heavy atom. The lowest BCUT2D eigenvalue weighted by Crippen LogP contribution is -2.57. The summed E-state index contributed by atoms with van der Waals surface area (Å²) in [7, 11) is 0. The van der Waals surface area contributed by atoms with Crippen LogP contribution in [0.3, 0.4) is 0 Å². The summed E-state index contributed by atoms with van der Waals surface area (Å²) < 4.78 is 65.8. The van der Waals surface area contributed by atoms with Crippen molar-refractivity contribution in [1.29, 1.82) is 0 Å². The van der Waals surface area contributed by atoms with Gasteiger partial charge in [-0.2, -0.15) is 0 Å². The number of rotatable bonds is 8. The average Bonchev–Trinajstić information content (AvgIpc) is 3.37. The number of hydrogen-bond acceptors (Lipinski definition) is 11. The molecule has 1 fully saturated rings.